The number of aryl methyl sites for hydroxylation is 3. The minimum atomic E-state index is -2.64. The average molecular weight is 388 g/mol. The molecule has 9 heteroatoms. The maximum atomic E-state index is 12.9. The second kappa shape index (κ2) is 7.65. The summed E-state index contributed by atoms with van der Waals surface area (Å²) in [5.74, 6) is 0.928. The number of carbonyl (C=O) groups is 1. The summed E-state index contributed by atoms with van der Waals surface area (Å²) in [7, 11) is 0. The van der Waals surface area contributed by atoms with Gasteiger partial charge < -0.3 is 9.88 Å². The number of amides is 1. The highest BCUT2D eigenvalue weighted by Gasteiger charge is 2.21. The summed E-state index contributed by atoms with van der Waals surface area (Å²) in [6.07, 6.45) is 6.99. The van der Waals surface area contributed by atoms with Gasteiger partial charge in [0.25, 0.3) is 5.91 Å². The summed E-state index contributed by atoms with van der Waals surface area (Å²) >= 11 is 0. The van der Waals surface area contributed by atoms with Crippen molar-refractivity contribution >= 4 is 17.1 Å². The van der Waals surface area contributed by atoms with Gasteiger partial charge in [0.15, 0.2) is 5.65 Å². The minimum Gasteiger partial charge on any atom is -0.352 e. The van der Waals surface area contributed by atoms with Gasteiger partial charge in [0.1, 0.15) is 17.2 Å². The lowest BCUT2D eigenvalue weighted by atomic mass is 10.2. The fourth-order valence-electron chi connectivity index (χ4n) is 3.69. The lowest BCUT2D eigenvalue weighted by Gasteiger charge is -2.09. The Morgan fingerprint density at radius 2 is 2.14 bits per heavy atom. The van der Waals surface area contributed by atoms with Crippen LogP contribution in [0.25, 0.3) is 11.2 Å². The number of fused-ring (bicyclic) bond motifs is 3. The molecule has 1 N–H and O–H groups in total. The van der Waals surface area contributed by atoms with Crippen LogP contribution in [0.3, 0.4) is 0 Å². The standard InChI is InChI=1S/C19H22F2N6O/c1-12-11-13(16-17(24-12)26-9-4-2-3-5-15(26)25-16)18(28)23-7-6-14-22-8-10-27(14)19(20)21/h8,10-11,19H,2-7,9H2,1H3,(H,23,28). The summed E-state index contributed by atoms with van der Waals surface area (Å²) in [5, 5.41) is 2.80. The zero-order chi connectivity index (χ0) is 19.7. The van der Waals surface area contributed by atoms with Crippen molar-refractivity contribution in [3.05, 3.63) is 41.4 Å². The molecule has 3 aromatic heterocycles. The lowest BCUT2D eigenvalue weighted by molar-refractivity contribution is 0.0670. The molecule has 0 aromatic carbocycles. The van der Waals surface area contributed by atoms with E-state index in [-0.39, 0.29) is 24.7 Å². The monoisotopic (exact) mass is 388 g/mol. The van der Waals surface area contributed by atoms with Crippen molar-refractivity contribution in [2.75, 3.05) is 6.54 Å². The lowest BCUT2D eigenvalue weighted by Crippen LogP contribution is -2.27. The fraction of sp³-hybridized carbons (Fsp3) is 0.474. The zero-order valence-corrected chi connectivity index (χ0v) is 15.7. The van der Waals surface area contributed by atoms with E-state index in [9.17, 15) is 13.6 Å². The van der Waals surface area contributed by atoms with Gasteiger partial charge >= 0.3 is 6.55 Å². The van der Waals surface area contributed by atoms with E-state index in [4.69, 9.17) is 4.98 Å². The Morgan fingerprint density at radius 1 is 1.29 bits per heavy atom. The normalized spacial score (nSPS) is 14.3. The van der Waals surface area contributed by atoms with E-state index >= 15 is 0 Å². The van der Waals surface area contributed by atoms with E-state index in [1.807, 2.05) is 6.92 Å². The molecule has 148 valence electrons. The van der Waals surface area contributed by atoms with Gasteiger partial charge in [-0.2, -0.15) is 8.78 Å². The van der Waals surface area contributed by atoms with Gasteiger partial charge in [0.2, 0.25) is 0 Å². The predicted molar refractivity (Wildman–Crippen MR) is 99.3 cm³/mol. The third kappa shape index (κ3) is 3.48. The molecule has 1 aliphatic heterocycles. The SMILES string of the molecule is Cc1cc(C(=O)NCCc2nccn2C(F)F)c2nc3n(c2n1)CCCCC3. The molecule has 0 unspecified atom stereocenters. The summed E-state index contributed by atoms with van der Waals surface area (Å²) in [6.45, 7) is 0.280. The largest absolute Gasteiger partial charge is 0.352 e. The Bertz CT molecular complexity index is 1010. The molecule has 4 rings (SSSR count). The van der Waals surface area contributed by atoms with Crippen molar-refractivity contribution < 1.29 is 13.6 Å². The second-order valence-electron chi connectivity index (χ2n) is 7.01. The molecule has 1 amide bonds. The van der Waals surface area contributed by atoms with Gasteiger partial charge in [0.05, 0.1) is 5.56 Å². The Balaban J connectivity index is 1.55. The van der Waals surface area contributed by atoms with Crippen molar-refractivity contribution in [1.29, 1.82) is 0 Å². The molecule has 4 heterocycles. The fourth-order valence-corrected chi connectivity index (χ4v) is 3.69. The van der Waals surface area contributed by atoms with Crippen LogP contribution in [0.4, 0.5) is 8.78 Å². The van der Waals surface area contributed by atoms with Crippen LogP contribution >= 0.6 is 0 Å². The first-order valence-corrected chi connectivity index (χ1v) is 9.49. The van der Waals surface area contributed by atoms with E-state index in [2.05, 4.69) is 19.9 Å². The molecule has 3 aromatic rings. The van der Waals surface area contributed by atoms with E-state index < -0.39 is 6.55 Å². The van der Waals surface area contributed by atoms with Crippen LogP contribution in [-0.2, 0) is 19.4 Å². The number of carbonyl (C=O) groups excluding carboxylic acids is 1. The van der Waals surface area contributed by atoms with Crippen molar-refractivity contribution in [2.45, 2.75) is 52.1 Å². The van der Waals surface area contributed by atoms with Crippen LogP contribution in [0.5, 0.6) is 0 Å². The van der Waals surface area contributed by atoms with Crippen LogP contribution in [0.1, 0.15) is 53.5 Å². The molecule has 0 saturated carbocycles. The van der Waals surface area contributed by atoms with Crippen molar-refractivity contribution in [2.24, 2.45) is 0 Å². The summed E-state index contributed by atoms with van der Waals surface area (Å²) in [4.78, 5) is 26.0. The second-order valence-corrected chi connectivity index (χ2v) is 7.01. The molecule has 0 fully saturated rings. The highest BCUT2D eigenvalue weighted by atomic mass is 19.3. The third-order valence-corrected chi connectivity index (χ3v) is 5.03. The predicted octanol–water partition coefficient (Wildman–Crippen LogP) is 3.03. The number of alkyl halides is 2. The Morgan fingerprint density at radius 3 is 2.96 bits per heavy atom. The van der Waals surface area contributed by atoms with Gasteiger partial charge in [-0.05, 0) is 25.8 Å². The maximum Gasteiger partial charge on any atom is 0.319 e. The van der Waals surface area contributed by atoms with Crippen molar-refractivity contribution in [1.82, 2.24) is 29.4 Å². The van der Waals surface area contributed by atoms with Gasteiger partial charge in [-0.3, -0.25) is 9.36 Å². The van der Waals surface area contributed by atoms with E-state index in [1.54, 1.807) is 6.07 Å². The summed E-state index contributed by atoms with van der Waals surface area (Å²) in [6, 6.07) is 1.73. The molecule has 0 bridgehead atoms. The number of pyridine rings is 1. The molecule has 0 atom stereocenters. The molecule has 0 saturated heterocycles. The van der Waals surface area contributed by atoms with Gasteiger partial charge in [0, 0.05) is 44.0 Å². The summed E-state index contributed by atoms with van der Waals surface area (Å²) in [5.41, 5.74) is 2.57. The highest BCUT2D eigenvalue weighted by Crippen LogP contribution is 2.24. The third-order valence-electron chi connectivity index (χ3n) is 5.03. The Hall–Kier alpha value is -2.84. The zero-order valence-electron chi connectivity index (χ0n) is 15.7. The first kappa shape index (κ1) is 18.5. The first-order valence-electron chi connectivity index (χ1n) is 9.49. The van der Waals surface area contributed by atoms with Gasteiger partial charge in [-0.15, -0.1) is 0 Å². The molecule has 7 nitrogen and oxygen atoms in total. The van der Waals surface area contributed by atoms with Gasteiger partial charge in [-0.25, -0.2) is 15.0 Å². The molecular weight excluding hydrogens is 366 g/mol. The number of hydrogen-bond donors (Lipinski definition) is 1. The number of aromatic nitrogens is 5. The van der Waals surface area contributed by atoms with Gasteiger partial charge in [-0.1, -0.05) is 6.42 Å². The maximum absolute atomic E-state index is 12.9. The first-order chi connectivity index (χ1) is 13.5. The van der Waals surface area contributed by atoms with E-state index in [0.29, 0.717) is 11.1 Å². The number of hydrogen-bond acceptors (Lipinski definition) is 4. The molecular formula is C19H22F2N6O. The molecule has 1 aliphatic rings. The number of halogens is 2. The quantitative estimate of drug-likeness (QED) is 0.729. The topological polar surface area (TPSA) is 77.6 Å². The number of imidazole rings is 2. The van der Waals surface area contributed by atoms with E-state index in [0.717, 1.165) is 47.5 Å². The summed E-state index contributed by atoms with van der Waals surface area (Å²) < 4.78 is 28.7. The number of rotatable bonds is 5. The highest BCUT2D eigenvalue weighted by molar-refractivity contribution is 6.04. The average Bonchev–Trinajstić information content (AvgIpc) is 3.19. The van der Waals surface area contributed by atoms with Crippen molar-refractivity contribution in [3.63, 3.8) is 0 Å². The molecule has 28 heavy (non-hydrogen) atoms. The van der Waals surface area contributed by atoms with Crippen molar-refractivity contribution in [3.8, 4) is 0 Å². The number of nitrogens with zero attached hydrogens (tertiary/aromatic N) is 5. The Labute approximate surface area is 160 Å². The molecule has 0 aliphatic carbocycles. The number of nitrogens with one attached hydrogen (secondary N) is 1. The van der Waals surface area contributed by atoms with Crippen LogP contribution in [0.15, 0.2) is 18.5 Å². The minimum absolute atomic E-state index is 0.207. The smallest absolute Gasteiger partial charge is 0.319 e. The van der Waals surface area contributed by atoms with Crippen LogP contribution < -0.4 is 5.32 Å². The molecule has 0 radical (unpaired) electrons. The Kier molecular flexibility index (Phi) is 5.06. The van der Waals surface area contributed by atoms with Crippen LogP contribution in [0.2, 0.25) is 0 Å². The van der Waals surface area contributed by atoms with Crippen LogP contribution in [-0.4, -0.2) is 36.5 Å². The van der Waals surface area contributed by atoms with E-state index in [1.165, 1.54) is 18.8 Å². The van der Waals surface area contributed by atoms with Crippen LogP contribution in [0, 0.1) is 6.92 Å². The molecule has 0 spiro atoms.